The first-order valence-corrected chi connectivity index (χ1v) is 3.64. The van der Waals surface area contributed by atoms with E-state index in [4.69, 9.17) is 4.74 Å². The van der Waals surface area contributed by atoms with Crippen LogP contribution in [-0.2, 0) is 0 Å². The van der Waals surface area contributed by atoms with Crippen LogP contribution in [0.15, 0.2) is 24.3 Å². The summed E-state index contributed by atoms with van der Waals surface area (Å²) in [4.78, 5) is 0. The van der Waals surface area contributed by atoms with E-state index in [9.17, 15) is 0 Å². The minimum Gasteiger partial charge on any atom is -0.554 e. The SMILES string of the molecule is Br.COc1c[c-]ccc1.[CH2-]CC.[Mg+2]. The molecule has 0 amide bonds. The second-order valence-corrected chi connectivity index (χ2v) is 1.94. The zero-order valence-corrected chi connectivity index (χ0v) is 11.4. The molecule has 0 aliphatic carbocycles. The van der Waals surface area contributed by atoms with Gasteiger partial charge in [-0.05, 0) is 0 Å². The third kappa shape index (κ3) is 12.3. The maximum absolute atomic E-state index is 4.88. The number of hydrogen-bond donors (Lipinski definition) is 0. The second-order valence-electron chi connectivity index (χ2n) is 1.94. The van der Waals surface area contributed by atoms with Gasteiger partial charge in [-0.1, -0.05) is 6.92 Å². The van der Waals surface area contributed by atoms with E-state index in [1.165, 1.54) is 0 Å². The van der Waals surface area contributed by atoms with Crippen LogP contribution in [0.2, 0.25) is 0 Å². The summed E-state index contributed by atoms with van der Waals surface area (Å²) in [7, 11) is 1.64. The van der Waals surface area contributed by atoms with Crippen LogP contribution in [0.25, 0.3) is 0 Å². The maximum atomic E-state index is 4.88. The predicted octanol–water partition coefficient (Wildman–Crippen LogP) is 2.92. The fourth-order valence-corrected chi connectivity index (χ4v) is 0.504. The number of rotatable bonds is 1. The van der Waals surface area contributed by atoms with Gasteiger partial charge in [0.05, 0.1) is 7.11 Å². The van der Waals surface area contributed by atoms with E-state index in [1.54, 1.807) is 13.2 Å². The zero-order valence-electron chi connectivity index (χ0n) is 8.25. The Labute approximate surface area is 108 Å². The van der Waals surface area contributed by atoms with E-state index >= 15 is 0 Å². The monoisotopic (exact) mass is 254 g/mol. The van der Waals surface area contributed by atoms with Crippen LogP contribution in [0.5, 0.6) is 5.75 Å². The molecule has 0 bridgehead atoms. The quantitative estimate of drug-likeness (QED) is 0.554. The molecule has 70 valence electrons. The van der Waals surface area contributed by atoms with Gasteiger partial charge in [-0.25, -0.2) is 0 Å². The molecular formula is C10H15BrMgO. The summed E-state index contributed by atoms with van der Waals surface area (Å²) in [6, 6.07) is 10.3. The molecule has 0 atom stereocenters. The standard InChI is InChI=1S/C7H7O.C3H7.BrH.Mg/c1-8-7-5-3-2-4-6-7;1-3-2;;/h2-3,5-6H,1H3;1,3H2,2H3;1H;/q2*-1;;+2. The average molecular weight is 255 g/mol. The molecule has 0 aromatic heterocycles. The van der Waals surface area contributed by atoms with Crippen LogP contribution >= 0.6 is 17.0 Å². The molecule has 0 unspecified atom stereocenters. The van der Waals surface area contributed by atoms with E-state index in [0.717, 1.165) is 12.2 Å². The first-order valence-electron chi connectivity index (χ1n) is 3.64. The number of halogens is 1. The first kappa shape index (κ1) is 18.9. The smallest absolute Gasteiger partial charge is 0.554 e. The maximum Gasteiger partial charge on any atom is 2.00 e. The van der Waals surface area contributed by atoms with E-state index in [0.29, 0.717) is 0 Å². The van der Waals surface area contributed by atoms with Crippen molar-refractivity contribution in [2.45, 2.75) is 13.3 Å². The van der Waals surface area contributed by atoms with Crippen molar-refractivity contribution in [2.24, 2.45) is 0 Å². The van der Waals surface area contributed by atoms with Gasteiger partial charge in [-0.15, -0.1) is 29.1 Å². The molecule has 3 heteroatoms. The molecule has 0 spiro atoms. The Kier molecular flexibility index (Phi) is 21.5. The van der Waals surface area contributed by atoms with E-state index in [1.807, 2.05) is 25.1 Å². The molecule has 0 heterocycles. The van der Waals surface area contributed by atoms with Gasteiger partial charge >= 0.3 is 23.1 Å². The topological polar surface area (TPSA) is 9.23 Å². The molecule has 1 aromatic rings. The molecule has 0 saturated heterocycles. The molecule has 0 N–H and O–H groups in total. The Morgan fingerprint density at radius 1 is 1.54 bits per heavy atom. The summed E-state index contributed by atoms with van der Waals surface area (Å²) in [5, 5.41) is 0. The van der Waals surface area contributed by atoms with Gasteiger partial charge in [0, 0.05) is 5.75 Å². The van der Waals surface area contributed by atoms with Crippen molar-refractivity contribution in [1.29, 1.82) is 0 Å². The Balaban J connectivity index is -0.000000180. The molecule has 0 saturated carbocycles. The van der Waals surface area contributed by atoms with Crippen LogP contribution < -0.4 is 4.74 Å². The molecule has 13 heavy (non-hydrogen) atoms. The largest absolute Gasteiger partial charge is 2.00 e. The van der Waals surface area contributed by atoms with Crippen LogP contribution in [0.1, 0.15) is 13.3 Å². The molecule has 1 nitrogen and oxygen atoms in total. The molecule has 1 aromatic carbocycles. The van der Waals surface area contributed by atoms with Crippen LogP contribution in [-0.4, -0.2) is 30.2 Å². The van der Waals surface area contributed by atoms with Crippen molar-refractivity contribution >= 4 is 40.0 Å². The van der Waals surface area contributed by atoms with Gasteiger partial charge in [0.1, 0.15) is 0 Å². The third-order valence-electron chi connectivity index (χ3n) is 0.914. The summed E-state index contributed by atoms with van der Waals surface area (Å²) < 4.78 is 4.88. The Bertz CT molecular complexity index is 168. The molecule has 0 radical (unpaired) electrons. The summed E-state index contributed by atoms with van der Waals surface area (Å²) in [6.07, 6.45) is 1.00. The van der Waals surface area contributed by atoms with Crippen LogP contribution in [0.3, 0.4) is 0 Å². The van der Waals surface area contributed by atoms with Crippen molar-refractivity contribution in [3.8, 4) is 5.75 Å². The third-order valence-corrected chi connectivity index (χ3v) is 0.914. The minimum atomic E-state index is 0. The number of methoxy groups -OCH3 is 1. The van der Waals surface area contributed by atoms with Crippen LogP contribution in [0, 0.1) is 13.0 Å². The second kappa shape index (κ2) is 14.8. The Hall–Kier alpha value is 0.266. The van der Waals surface area contributed by atoms with Gasteiger partial charge in [-0.2, -0.15) is 24.6 Å². The van der Waals surface area contributed by atoms with Crippen molar-refractivity contribution in [3.05, 3.63) is 37.3 Å². The number of hydrogen-bond acceptors (Lipinski definition) is 1. The summed E-state index contributed by atoms with van der Waals surface area (Å²) in [5.74, 6) is 0.854. The van der Waals surface area contributed by atoms with Crippen LogP contribution in [0.4, 0.5) is 0 Å². The first-order chi connectivity index (χ1) is 5.35. The minimum absolute atomic E-state index is 0. The Morgan fingerprint density at radius 2 is 2.08 bits per heavy atom. The van der Waals surface area contributed by atoms with Crippen molar-refractivity contribution in [3.63, 3.8) is 0 Å². The van der Waals surface area contributed by atoms with E-state index in [2.05, 4.69) is 13.0 Å². The fourth-order valence-electron chi connectivity index (χ4n) is 0.504. The average Bonchev–Trinajstić information content (AvgIpc) is 2.08. The van der Waals surface area contributed by atoms with Crippen molar-refractivity contribution in [2.75, 3.05) is 7.11 Å². The van der Waals surface area contributed by atoms with Crippen molar-refractivity contribution in [1.82, 2.24) is 0 Å². The van der Waals surface area contributed by atoms with Crippen molar-refractivity contribution < 1.29 is 4.74 Å². The molecule has 0 aliphatic heterocycles. The molecular weight excluding hydrogens is 240 g/mol. The zero-order chi connectivity index (χ0) is 8.53. The van der Waals surface area contributed by atoms with Gasteiger partial charge in [0.2, 0.25) is 0 Å². The number of ether oxygens (including phenoxy) is 1. The fraction of sp³-hybridized carbons (Fsp3) is 0.300. The van der Waals surface area contributed by atoms with E-state index in [-0.39, 0.29) is 40.0 Å². The van der Waals surface area contributed by atoms with Gasteiger partial charge in [0.25, 0.3) is 0 Å². The molecule has 0 aliphatic rings. The number of benzene rings is 1. The molecule has 0 fully saturated rings. The summed E-state index contributed by atoms with van der Waals surface area (Å²) in [6.45, 7) is 5.50. The normalized spacial score (nSPS) is 6.69. The summed E-state index contributed by atoms with van der Waals surface area (Å²) in [5.41, 5.74) is 0. The van der Waals surface area contributed by atoms with E-state index < -0.39 is 0 Å². The molecule has 1 rings (SSSR count). The van der Waals surface area contributed by atoms with Gasteiger partial charge in [0.15, 0.2) is 0 Å². The Morgan fingerprint density at radius 3 is 2.31 bits per heavy atom. The van der Waals surface area contributed by atoms with Gasteiger partial charge in [-0.3, -0.25) is 0 Å². The van der Waals surface area contributed by atoms with Gasteiger partial charge < -0.3 is 11.7 Å². The predicted molar refractivity (Wildman–Crippen MR) is 63.6 cm³/mol. The summed E-state index contributed by atoms with van der Waals surface area (Å²) >= 11 is 0.